The van der Waals surface area contributed by atoms with Crippen LogP contribution in [0, 0.1) is 5.92 Å². The maximum Gasteiger partial charge on any atom is 0.159 e. The van der Waals surface area contributed by atoms with Crippen molar-refractivity contribution in [3.05, 3.63) is 78.4 Å². The summed E-state index contributed by atoms with van der Waals surface area (Å²) in [7, 11) is 0. The third-order valence-electron chi connectivity index (χ3n) is 5.56. The van der Waals surface area contributed by atoms with Gasteiger partial charge >= 0.3 is 0 Å². The van der Waals surface area contributed by atoms with Crippen LogP contribution in [0.25, 0.3) is 16.9 Å². The SMILES string of the molecule is C[C@H](Nc1cncc(-n2cnc3cc(CC(=O)C4CC4)ccc32)n1)c1ccccc1. The minimum Gasteiger partial charge on any atom is -0.362 e. The molecule has 1 aliphatic carbocycles. The Morgan fingerprint density at radius 3 is 2.80 bits per heavy atom. The lowest BCUT2D eigenvalue weighted by molar-refractivity contribution is -0.119. The van der Waals surface area contributed by atoms with Crippen LogP contribution in [0.2, 0.25) is 0 Å². The van der Waals surface area contributed by atoms with E-state index in [2.05, 4.69) is 34.3 Å². The van der Waals surface area contributed by atoms with E-state index in [9.17, 15) is 4.79 Å². The van der Waals surface area contributed by atoms with Crippen molar-refractivity contribution in [2.24, 2.45) is 5.92 Å². The molecule has 6 nitrogen and oxygen atoms in total. The molecule has 0 saturated heterocycles. The second kappa shape index (κ2) is 7.71. The first kappa shape index (κ1) is 18.5. The van der Waals surface area contributed by atoms with Gasteiger partial charge in [-0.3, -0.25) is 14.3 Å². The van der Waals surface area contributed by atoms with E-state index in [1.54, 1.807) is 18.7 Å². The first-order chi connectivity index (χ1) is 14.7. The number of carbonyl (C=O) groups is 1. The molecule has 1 N–H and O–H groups in total. The maximum atomic E-state index is 12.1. The Balaban J connectivity index is 1.38. The number of carbonyl (C=O) groups excluding carboxylic acids is 1. The van der Waals surface area contributed by atoms with Gasteiger partial charge in [-0.05, 0) is 43.0 Å². The van der Waals surface area contributed by atoms with Crippen LogP contribution in [-0.2, 0) is 11.2 Å². The van der Waals surface area contributed by atoms with Crippen molar-refractivity contribution < 1.29 is 4.79 Å². The summed E-state index contributed by atoms with van der Waals surface area (Å²) in [4.78, 5) is 25.7. The van der Waals surface area contributed by atoms with Crippen molar-refractivity contribution in [3.8, 4) is 5.82 Å². The highest BCUT2D eigenvalue weighted by molar-refractivity contribution is 5.86. The van der Waals surface area contributed by atoms with Crippen LogP contribution in [0.3, 0.4) is 0 Å². The van der Waals surface area contributed by atoms with Gasteiger partial charge in [-0.25, -0.2) is 9.97 Å². The number of nitrogens with one attached hydrogen (secondary N) is 1. The standard InChI is InChI=1S/C24H23N5O/c1-16(18-5-3-2-4-6-18)27-23-13-25-14-24(28-23)29-15-26-20-11-17(7-10-21(20)29)12-22(30)19-8-9-19/h2-7,10-11,13-16,19H,8-9,12H2,1H3,(H,27,28)/t16-/m0/s1. The Morgan fingerprint density at radius 1 is 1.17 bits per heavy atom. The van der Waals surface area contributed by atoms with Crippen molar-refractivity contribution in [1.29, 1.82) is 0 Å². The molecule has 0 amide bonds. The lowest BCUT2D eigenvalue weighted by Crippen LogP contribution is -2.09. The van der Waals surface area contributed by atoms with Crippen LogP contribution in [-0.4, -0.2) is 25.3 Å². The second-order valence-corrected chi connectivity index (χ2v) is 7.89. The Labute approximate surface area is 175 Å². The molecule has 30 heavy (non-hydrogen) atoms. The number of imidazole rings is 1. The van der Waals surface area contributed by atoms with Gasteiger partial charge in [-0.1, -0.05) is 36.4 Å². The van der Waals surface area contributed by atoms with E-state index in [0.717, 1.165) is 29.4 Å². The summed E-state index contributed by atoms with van der Waals surface area (Å²) in [5.74, 6) is 2.02. The molecule has 0 unspecified atom stereocenters. The molecule has 0 aliphatic heterocycles. The number of Topliss-reactive ketones (excluding diaryl/α,β-unsaturated/α-hetero) is 1. The number of ketones is 1. The van der Waals surface area contributed by atoms with Crippen LogP contribution in [0.4, 0.5) is 5.82 Å². The van der Waals surface area contributed by atoms with Gasteiger partial charge in [0.1, 0.15) is 17.9 Å². The average Bonchev–Trinajstić information content (AvgIpc) is 3.54. The van der Waals surface area contributed by atoms with Crippen LogP contribution >= 0.6 is 0 Å². The summed E-state index contributed by atoms with van der Waals surface area (Å²) in [6, 6.07) is 16.4. The fraction of sp³-hybridized carbons (Fsp3) is 0.250. The van der Waals surface area contributed by atoms with E-state index in [-0.39, 0.29) is 12.0 Å². The molecule has 0 bridgehead atoms. The molecular formula is C24H23N5O. The lowest BCUT2D eigenvalue weighted by Gasteiger charge is -2.15. The topological polar surface area (TPSA) is 72.7 Å². The van der Waals surface area contributed by atoms with E-state index in [4.69, 9.17) is 4.98 Å². The molecule has 2 aromatic carbocycles. The van der Waals surface area contributed by atoms with E-state index in [1.807, 2.05) is 41.0 Å². The summed E-state index contributed by atoms with van der Waals surface area (Å²) < 4.78 is 1.92. The molecule has 1 fully saturated rings. The highest BCUT2D eigenvalue weighted by atomic mass is 16.1. The van der Waals surface area contributed by atoms with E-state index < -0.39 is 0 Å². The molecule has 0 radical (unpaired) electrons. The third kappa shape index (κ3) is 3.81. The van der Waals surface area contributed by atoms with Gasteiger partial charge in [0.05, 0.1) is 23.4 Å². The minimum atomic E-state index is 0.113. The first-order valence-electron chi connectivity index (χ1n) is 10.3. The Bertz CT molecular complexity index is 1200. The number of fused-ring (bicyclic) bond motifs is 1. The van der Waals surface area contributed by atoms with Crippen LogP contribution in [0.1, 0.15) is 36.9 Å². The molecular weight excluding hydrogens is 374 g/mol. The molecule has 150 valence electrons. The number of rotatable bonds is 7. The highest BCUT2D eigenvalue weighted by Gasteiger charge is 2.29. The largest absolute Gasteiger partial charge is 0.362 e. The zero-order chi connectivity index (χ0) is 20.5. The van der Waals surface area contributed by atoms with Crippen LogP contribution < -0.4 is 5.32 Å². The quantitative estimate of drug-likeness (QED) is 0.497. The van der Waals surface area contributed by atoms with E-state index in [0.29, 0.717) is 23.8 Å². The molecule has 0 spiro atoms. The van der Waals surface area contributed by atoms with Crippen molar-refractivity contribution >= 4 is 22.6 Å². The summed E-state index contributed by atoms with van der Waals surface area (Å²) in [6.07, 6.45) is 7.78. The van der Waals surface area contributed by atoms with Gasteiger partial charge in [-0.2, -0.15) is 0 Å². The minimum absolute atomic E-state index is 0.113. The molecule has 2 heterocycles. The Morgan fingerprint density at radius 2 is 2.00 bits per heavy atom. The number of anilines is 1. The highest BCUT2D eigenvalue weighted by Crippen LogP contribution is 2.31. The van der Waals surface area contributed by atoms with Crippen LogP contribution in [0.15, 0.2) is 67.3 Å². The van der Waals surface area contributed by atoms with Gasteiger partial charge in [0.15, 0.2) is 5.82 Å². The van der Waals surface area contributed by atoms with Crippen molar-refractivity contribution in [3.63, 3.8) is 0 Å². The second-order valence-electron chi connectivity index (χ2n) is 7.89. The van der Waals surface area contributed by atoms with E-state index >= 15 is 0 Å². The summed E-state index contributed by atoms with van der Waals surface area (Å²) in [5, 5.41) is 3.41. The maximum absolute atomic E-state index is 12.1. The smallest absolute Gasteiger partial charge is 0.159 e. The van der Waals surface area contributed by atoms with Gasteiger partial charge in [0.25, 0.3) is 0 Å². The van der Waals surface area contributed by atoms with Gasteiger partial charge in [-0.15, -0.1) is 0 Å². The number of hydrogen-bond donors (Lipinski definition) is 1. The van der Waals surface area contributed by atoms with Gasteiger partial charge < -0.3 is 5.32 Å². The van der Waals surface area contributed by atoms with Crippen molar-refractivity contribution in [1.82, 2.24) is 19.5 Å². The van der Waals surface area contributed by atoms with Crippen LogP contribution in [0.5, 0.6) is 0 Å². The Hall–Kier alpha value is -3.54. The first-order valence-corrected chi connectivity index (χ1v) is 10.3. The monoisotopic (exact) mass is 397 g/mol. The van der Waals surface area contributed by atoms with E-state index in [1.165, 1.54) is 5.56 Å². The molecule has 4 aromatic rings. The molecule has 1 saturated carbocycles. The number of benzene rings is 2. The number of aromatic nitrogens is 4. The lowest BCUT2D eigenvalue weighted by atomic mass is 10.1. The van der Waals surface area contributed by atoms with Crippen molar-refractivity contribution in [2.45, 2.75) is 32.2 Å². The molecule has 2 aromatic heterocycles. The summed E-state index contributed by atoms with van der Waals surface area (Å²) in [6.45, 7) is 2.10. The van der Waals surface area contributed by atoms with Gasteiger partial charge in [0.2, 0.25) is 0 Å². The normalized spacial score (nSPS) is 14.6. The Kier molecular flexibility index (Phi) is 4.75. The number of nitrogens with zero attached hydrogens (tertiary/aromatic N) is 4. The summed E-state index contributed by atoms with van der Waals surface area (Å²) in [5.41, 5.74) is 4.00. The predicted octanol–water partition coefficient (Wildman–Crippen LogP) is 4.51. The van der Waals surface area contributed by atoms with Gasteiger partial charge in [0, 0.05) is 18.4 Å². The molecule has 6 heteroatoms. The average molecular weight is 397 g/mol. The molecule has 5 rings (SSSR count). The molecule has 1 atom stereocenters. The number of hydrogen-bond acceptors (Lipinski definition) is 5. The zero-order valence-electron chi connectivity index (χ0n) is 16.8. The summed E-state index contributed by atoms with van der Waals surface area (Å²) >= 11 is 0. The zero-order valence-corrected chi connectivity index (χ0v) is 16.8. The van der Waals surface area contributed by atoms with Crippen molar-refractivity contribution in [2.75, 3.05) is 5.32 Å². The third-order valence-corrected chi connectivity index (χ3v) is 5.56. The molecule has 1 aliphatic rings. The fourth-order valence-corrected chi connectivity index (χ4v) is 3.69. The predicted molar refractivity (Wildman–Crippen MR) is 117 cm³/mol. The fourth-order valence-electron chi connectivity index (χ4n) is 3.69.